The molecular formula is C12H22N4O2. The second-order valence-electron chi connectivity index (χ2n) is 4.11. The maximum atomic E-state index is 9.57. The normalized spacial score (nSPS) is 12.2. The van der Waals surface area contributed by atoms with Gasteiger partial charge in [-0.1, -0.05) is 6.92 Å². The van der Waals surface area contributed by atoms with Crippen LogP contribution in [0.2, 0.25) is 0 Å². The van der Waals surface area contributed by atoms with Crippen molar-refractivity contribution < 1.29 is 9.84 Å². The van der Waals surface area contributed by atoms with Gasteiger partial charge in [-0.15, -0.1) is 0 Å². The number of hydrogen-bond donors (Lipinski definition) is 3. The zero-order chi connectivity index (χ0) is 13.4. The summed E-state index contributed by atoms with van der Waals surface area (Å²) in [5, 5.41) is 15.9. The zero-order valence-electron chi connectivity index (χ0n) is 11.2. The molecule has 6 nitrogen and oxygen atoms in total. The molecule has 0 aliphatic rings. The van der Waals surface area contributed by atoms with Crippen LogP contribution in [0.3, 0.4) is 0 Å². The van der Waals surface area contributed by atoms with Crippen molar-refractivity contribution in [3.8, 4) is 0 Å². The number of aliphatic hydroxyl groups is 1. The first-order chi connectivity index (χ1) is 8.69. The molecule has 18 heavy (non-hydrogen) atoms. The summed E-state index contributed by atoms with van der Waals surface area (Å²) in [7, 11) is 1.56. The van der Waals surface area contributed by atoms with Crippen molar-refractivity contribution in [2.24, 2.45) is 0 Å². The summed E-state index contributed by atoms with van der Waals surface area (Å²) in [5.74, 6) is 1.56. The Morgan fingerprint density at radius 1 is 1.33 bits per heavy atom. The predicted octanol–water partition coefficient (Wildman–Crippen LogP) is 1.03. The predicted molar refractivity (Wildman–Crippen MR) is 71.9 cm³/mol. The molecule has 1 atom stereocenters. The fourth-order valence-corrected chi connectivity index (χ4v) is 1.52. The number of nitrogens with zero attached hydrogens (tertiary/aromatic N) is 2. The number of ether oxygens (including phenoxy) is 1. The van der Waals surface area contributed by atoms with Crippen LogP contribution in [-0.4, -0.2) is 48.0 Å². The lowest BCUT2D eigenvalue weighted by atomic mass is 10.3. The largest absolute Gasteiger partial charge is 0.389 e. The summed E-state index contributed by atoms with van der Waals surface area (Å²) in [6, 6.07) is 0. The van der Waals surface area contributed by atoms with Gasteiger partial charge in [0.25, 0.3) is 0 Å². The van der Waals surface area contributed by atoms with Crippen molar-refractivity contribution in [3.63, 3.8) is 0 Å². The lowest BCUT2D eigenvalue weighted by Gasteiger charge is -2.14. The second kappa shape index (κ2) is 7.84. The fourth-order valence-electron chi connectivity index (χ4n) is 1.52. The molecule has 1 aromatic rings. The van der Waals surface area contributed by atoms with Crippen molar-refractivity contribution in [3.05, 3.63) is 11.9 Å². The van der Waals surface area contributed by atoms with E-state index in [0.717, 1.165) is 30.2 Å². The van der Waals surface area contributed by atoms with Gasteiger partial charge in [-0.3, -0.25) is 0 Å². The van der Waals surface area contributed by atoms with Crippen LogP contribution in [0.4, 0.5) is 11.6 Å². The van der Waals surface area contributed by atoms with E-state index in [1.165, 1.54) is 6.33 Å². The van der Waals surface area contributed by atoms with Crippen molar-refractivity contribution in [2.75, 3.05) is 37.4 Å². The molecular weight excluding hydrogens is 232 g/mol. The third kappa shape index (κ3) is 4.46. The van der Waals surface area contributed by atoms with E-state index in [-0.39, 0.29) is 0 Å². The van der Waals surface area contributed by atoms with Crippen LogP contribution >= 0.6 is 0 Å². The number of aromatic nitrogens is 2. The van der Waals surface area contributed by atoms with Gasteiger partial charge < -0.3 is 20.5 Å². The van der Waals surface area contributed by atoms with E-state index >= 15 is 0 Å². The van der Waals surface area contributed by atoms with Gasteiger partial charge in [0.2, 0.25) is 0 Å². The van der Waals surface area contributed by atoms with Gasteiger partial charge in [0.1, 0.15) is 18.0 Å². The monoisotopic (exact) mass is 254 g/mol. The SMILES string of the molecule is CCCNc1ncnc(NCC(O)COC)c1C. The molecule has 3 N–H and O–H groups in total. The van der Waals surface area contributed by atoms with Crippen molar-refractivity contribution >= 4 is 11.6 Å². The highest BCUT2D eigenvalue weighted by Gasteiger charge is 2.08. The summed E-state index contributed by atoms with van der Waals surface area (Å²) in [6.45, 7) is 5.63. The molecule has 0 aliphatic heterocycles. The first-order valence-electron chi connectivity index (χ1n) is 6.15. The molecule has 0 saturated heterocycles. The van der Waals surface area contributed by atoms with Crippen LogP contribution in [0.15, 0.2) is 6.33 Å². The van der Waals surface area contributed by atoms with E-state index in [0.29, 0.717) is 13.2 Å². The summed E-state index contributed by atoms with van der Waals surface area (Å²) in [5.41, 5.74) is 0.954. The molecule has 0 bridgehead atoms. The molecule has 0 fully saturated rings. The second-order valence-corrected chi connectivity index (χ2v) is 4.11. The Morgan fingerprint density at radius 2 is 2.00 bits per heavy atom. The number of methoxy groups -OCH3 is 1. The first kappa shape index (κ1) is 14.7. The van der Waals surface area contributed by atoms with Gasteiger partial charge in [-0.2, -0.15) is 0 Å². The van der Waals surface area contributed by atoms with Crippen LogP contribution in [0.1, 0.15) is 18.9 Å². The molecule has 0 saturated carbocycles. The van der Waals surface area contributed by atoms with Gasteiger partial charge >= 0.3 is 0 Å². The molecule has 1 unspecified atom stereocenters. The molecule has 1 aromatic heterocycles. The van der Waals surface area contributed by atoms with Gasteiger partial charge in [0.05, 0.1) is 12.7 Å². The average Bonchev–Trinajstić information content (AvgIpc) is 2.36. The summed E-state index contributed by atoms with van der Waals surface area (Å²) < 4.78 is 4.86. The third-order valence-electron chi connectivity index (χ3n) is 2.49. The summed E-state index contributed by atoms with van der Waals surface area (Å²) >= 11 is 0. The minimum atomic E-state index is -0.545. The fraction of sp³-hybridized carbons (Fsp3) is 0.667. The molecule has 0 aromatic carbocycles. The molecule has 0 radical (unpaired) electrons. The van der Waals surface area contributed by atoms with Gasteiger partial charge in [0, 0.05) is 25.8 Å². The molecule has 102 valence electrons. The highest BCUT2D eigenvalue weighted by atomic mass is 16.5. The number of nitrogens with one attached hydrogen (secondary N) is 2. The van der Waals surface area contributed by atoms with Crippen LogP contribution in [0.5, 0.6) is 0 Å². The van der Waals surface area contributed by atoms with E-state index in [2.05, 4.69) is 27.5 Å². The number of anilines is 2. The molecule has 1 heterocycles. The smallest absolute Gasteiger partial charge is 0.134 e. The third-order valence-corrected chi connectivity index (χ3v) is 2.49. The Hall–Kier alpha value is -1.40. The number of hydrogen-bond acceptors (Lipinski definition) is 6. The maximum absolute atomic E-state index is 9.57. The van der Waals surface area contributed by atoms with Crippen LogP contribution in [0, 0.1) is 6.92 Å². The molecule has 0 aliphatic carbocycles. The Balaban J connectivity index is 2.60. The van der Waals surface area contributed by atoms with E-state index in [4.69, 9.17) is 4.74 Å². The summed E-state index contributed by atoms with van der Waals surface area (Å²) in [6.07, 6.45) is 2.01. The number of rotatable bonds is 8. The molecule has 0 amide bonds. The molecule has 6 heteroatoms. The lowest BCUT2D eigenvalue weighted by molar-refractivity contribution is 0.0727. The standard InChI is InChI=1S/C12H22N4O2/c1-4-5-13-11-9(2)12(16-8-15-11)14-6-10(17)7-18-3/h8,10,17H,4-7H2,1-3H3,(H2,13,14,15,16). The zero-order valence-corrected chi connectivity index (χ0v) is 11.2. The highest BCUT2D eigenvalue weighted by molar-refractivity contribution is 5.56. The van der Waals surface area contributed by atoms with E-state index < -0.39 is 6.10 Å². The Labute approximate surface area is 108 Å². The Kier molecular flexibility index (Phi) is 6.38. The van der Waals surface area contributed by atoms with E-state index in [9.17, 15) is 5.11 Å². The van der Waals surface area contributed by atoms with Crippen molar-refractivity contribution in [1.29, 1.82) is 0 Å². The minimum absolute atomic E-state index is 0.304. The maximum Gasteiger partial charge on any atom is 0.134 e. The lowest BCUT2D eigenvalue weighted by Crippen LogP contribution is -2.25. The van der Waals surface area contributed by atoms with E-state index in [1.54, 1.807) is 7.11 Å². The topological polar surface area (TPSA) is 79.3 Å². The van der Waals surface area contributed by atoms with Gasteiger partial charge in [-0.25, -0.2) is 9.97 Å². The Morgan fingerprint density at radius 3 is 2.61 bits per heavy atom. The van der Waals surface area contributed by atoms with E-state index in [1.807, 2.05) is 6.92 Å². The highest BCUT2D eigenvalue weighted by Crippen LogP contribution is 2.17. The molecule has 0 spiro atoms. The van der Waals surface area contributed by atoms with Crippen molar-refractivity contribution in [1.82, 2.24) is 9.97 Å². The van der Waals surface area contributed by atoms with Gasteiger partial charge in [0.15, 0.2) is 0 Å². The minimum Gasteiger partial charge on any atom is -0.389 e. The van der Waals surface area contributed by atoms with Crippen LogP contribution < -0.4 is 10.6 Å². The van der Waals surface area contributed by atoms with Crippen LogP contribution in [0.25, 0.3) is 0 Å². The van der Waals surface area contributed by atoms with Crippen LogP contribution in [-0.2, 0) is 4.74 Å². The van der Waals surface area contributed by atoms with Crippen molar-refractivity contribution in [2.45, 2.75) is 26.4 Å². The first-order valence-corrected chi connectivity index (χ1v) is 6.15. The van der Waals surface area contributed by atoms with Gasteiger partial charge in [-0.05, 0) is 13.3 Å². The quantitative estimate of drug-likeness (QED) is 0.643. The number of aliphatic hydroxyl groups excluding tert-OH is 1. The average molecular weight is 254 g/mol. The summed E-state index contributed by atoms with van der Waals surface area (Å²) in [4.78, 5) is 8.36. The molecule has 1 rings (SSSR count). The Bertz CT molecular complexity index is 360.